The molecule has 0 aromatic heterocycles. The molecule has 0 heterocycles. The summed E-state index contributed by atoms with van der Waals surface area (Å²) in [5, 5.41) is 11.2. The number of hydrogen-bond donors (Lipinski definition) is 1. The quantitative estimate of drug-likeness (QED) is 0.836. The first-order valence-electron chi connectivity index (χ1n) is 5.20. The highest BCUT2D eigenvalue weighted by atomic mass is 16.5. The van der Waals surface area contributed by atoms with Crippen LogP contribution in [0.2, 0.25) is 0 Å². The topological polar surface area (TPSA) is 62.1 Å². The number of rotatable bonds is 4. The van der Waals surface area contributed by atoms with Gasteiger partial charge in [-0.25, -0.2) is 0 Å². The van der Waals surface area contributed by atoms with Crippen molar-refractivity contribution >= 4 is 11.6 Å². The molecule has 4 heteroatoms. The SMILES string of the molecule is N#CCOc1ccc(NC(=O)C2CC2)cc1. The summed E-state index contributed by atoms with van der Waals surface area (Å²) in [6.07, 6.45) is 1.99. The number of benzene rings is 1. The molecule has 1 N–H and O–H groups in total. The Morgan fingerprint density at radius 2 is 2.12 bits per heavy atom. The van der Waals surface area contributed by atoms with Crippen LogP contribution in [0.25, 0.3) is 0 Å². The monoisotopic (exact) mass is 216 g/mol. The molecule has 4 nitrogen and oxygen atoms in total. The van der Waals surface area contributed by atoms with E-state index in [9.17, 15) is 4.79 Å². The highest BCUT2D eigenvalue weighted by molar-refractivity contribution is 5.94. The van der Waals surface area contributed by atoms with E-state index in [4.69, 9.17) is 10.00 Å². The Labute approximate surface area is 93.8 Å². The van der Waals surface area contributed by atoms with Gasteiger partial charge in [-0.15, -0.1) is 0 Å². The summed E-state index contributed by atoms with van der Waals surface area (Å²) in [5.41, 5.74) is 0.765. The van der Waals surface area contributed by atoms with Crippen LogP contribution in [0.1, 0.15) is 12.8 Å². The average Bonchev–Trinajstić information content (AvgIpc) is 3.12. The van der Waals surface area contributed by atoms with Crippen molar-refractivity contribution in [2.45, 2.75) is 12.8 Å². The Kier molecular flexibility index (Phi) is 3.06. The van der Waals surface area contributed by atoms with Gasteiger partial charge in [-0.3, -0.25) is 4.79 Å². The van der Waals surface area contributed by atoms with Gasteiger partial charge < -0.3 is 10.1 Å². The second-order valence-electron chi connectivity index (χ2n) is 3.73. The normalized spacial score (nSPS) is 13.9. The molecule has 0 saturated heterocycles. The molecule has 82 valence electrons. The van der Waals surface area contributed by atoms with Gasteiger partial charge in [-0.2, -0.15) is 5.26 Å². The third-order valence-corrected chi connectivity index (χ3v) is 2.37. The van der Waals surface area contributed by atoms with E-state index in [1.807, 2.05) is 6.07 Å². The van der Waals surface area contributed by atoms with Gasteiger partial charge in [0.25, 0.3) is 0 Å². The summed E-state index contributed by atoms with van der Waals surface area (Å²) in [7, 11) is 0. The summed E-state index contributed by atoms with van der Waals surface area (Å²) >= 11 is 0. The fraction of sp³-hybridized carbons (Fsp3) is 0.333. The van der Waals surface area contributed by atoms with Crippen molar-refractivity contribution in [2.24, 2.45) is 5.92 Å². The summed E-state index contributed by atoms with van der Waals surface area (Å²) in [6, 6.07) is 8.91. The molecule has 0 unspecified atom stereocenters. The lowest BCUT2D eigenvalue weighted by Crippen LogP contribution is -2.13. The first-order chi connectivity index (χ1) is 7.79. The average molecular weight is 216 g/mol. The van der Waals surface area contributed by atoms with E-state index < -0.39 is 0 Å². The summed E-state index contributed by atoms with van der Waals surface area (Å²) in [4.78, 5) is 11.4. The highest BCUT2D eigenvalue weighted by Crippen LogP contribution is 2.30. The third-order valence-electron chi connectivity index (χ3n) is 2.37. The van der Waals surface area contributed by atoms with Gasteiger partial charge in [0.05, 0.1) is 0 Å². The lowest BCUT2D eigenvalue weighted by atomic mass is 10.3. The van der Waals surface area contributed by atoms with Gasteiger partial charge >= 0.3 is 0 Å². The molecule has 1 amide bonds. The molecule has 1 aromatic rings. The van der Waals surface area contributed by atoms with Gasteiger partial charge in [0, 0.05) is 11.6 Å². The largest absolute Gasteiger partial charge is 0.479 e. The first-order valence-corrected chi connectivity index (χ1v) is 5.20. The lowest BCUT2D eigenvalue weighted by Gasteiger charge is -2.05. The second kappa shape index (κ2) is 4.67. The number of carbonyl (C=O) groups is 1. The molecule has 16 heavy (non-hydrogen) atoms. The van der Waals surface area contributed by atoms with Crippen LogP contribution in [-0.4, -0.2) is 12.5 Å². The Balaban J connectivity index is 1.91. The van der Waals surface area contributed by atoms with Gasteiger partial charge in [-0.1, -0.05) is 0 Å². The maximum absolute atomic E-state index is 11.4. The van der Waals surface area contributed by atoms with E-state index >= 15 is 0 Å². The van der Waals surface area contributed by atoms with Crippen LogP contribution < -0.4 is 10.1 Å². The molecule has 0 radical (unpaired) electrons. The van der Waals surface area contributed by atoms with Crippen LogP contribution in [-0.2, 0) is 4.79 Å². The van der Waals surface area contributed by atoms with Crippen LogP contribution in [0.3, 0.4) is 0 Å². The van der Waals surface area contributed by atoms with E-state index in [0.29, 0.717) is 5.75 Å². The Hall–Kier alpha value is -2.02. The van der Waals surface area contributed by atoms with Crippen LogP contribution in [0.15, 0.2) is 24.3 Å². The zero-order valence-electron chi connectivity index (χ0n) is 8.77. The van der Waals surface area contributed by atoms with E-state index in [2.05, 4.69) is 5.32 Å². The number of carbonyl (C=O) groups excluding carboxylic acids is 1. The lowest BCUT2D eigenvalue weighted by molar-refractivity contribution is -0.117. The molecule has 1 aliphatic rings. The second-order valence-corrected chi connectivity index (χ2v) is 3.73. The number of hydrogen-bond acceptors (Lipinski definition) is 3. The van der Waals surface area contributed by atoms with Crippen molar-refractivity contribution in [1.82, 2.24) is 0 Å². The number of nitriles is 1. The van der Waals surface area contributed by atoms with E-state index in [0.717, 1.165) is 18.5 Å². The molecule has 1 saturated carbocycles. The van der Waals surface area contributed by atoms with Gasteiger partial charge in [0.15, 0.2) is 6.61 Å². The molecule has 0 atom stereocenters. The fourth-order valence-electron chi connectivity index (χ4n) is 1.34. The smallest absolute Gasteiger partial charge is 0.227 e. The Bertz CT molecular complexity index is 416. The summed E-state index contributed by atoms with van der Waals surface area (Å²) < 4.78 is 5.10. The number of amides is 1. The maximum Gasteiger partial charge on any atom is 0.227 e. The van der Waals surface area contributed by atoms with Gasteiger partial charge in [-0.05, 0) is 37.1 Å². The molecule has 1 aliphatic carbocycles. The standard InChI is InChI=1S/C12H12N2O2/c13-7-8-16-11-5-3-10(4-6-11)14-12(15)9-1-2-9/h3-6,9H,1-2,8H2,(H,14,15). The molecule has 0 aliphatic heterocycles. The van der Waals surface area contributed by atoms with Crippen LogP contribution in [0.5, 0.6) is 5.75 Å². The van der Waals surface area contributed by atoms with Crippen molar-refractivity contribution in [2.75, 3.05) is 11.9 Å². The van der Waals surface area contributed by atoms with Crippen LogP contribution in [0, 0.1) is 17.2 Å². The number of ether oxygens (including phenoxy) is 1. The molecule has 1 fully saturated rings. The molecular formula is C12H12N2O2. The minimum Gasteiger partial charge on any atom is -0.479 e. The predicted molar refractivity (Wildman–Crippen MR) is 58.9 cm³/mol. The van der Waals surface area contributed by atoms with E-state index in [-0.39, 0.29) is 18.4 Å². The third kappa shape index (κ3) is 2.74. The predicted octanol–water partition coefficient (Wildman–Crippen LogP) is 1.94. The van der Waals surface area contributed by atoms with E-state index in [1.54, 1.807) is 24.3 Å². The van der Waals surface area contributed by atoms with Gasteiger partial charge in [0.1, 0.15) is 11.8 Å². The summed E-state index contributed by atoms with van der Waals surface area (Å²) in [6.45, 7) is 0.0355. The highest BCUT2D eigenvalue weighted by Gasteiger charge is 2.29. The molecule has 0 spiro atoms. The zero-order valence-corrected chi connectivity index (χ0v) is 8.77. The number of nitrogens with zero attached hydrogens (tertiary/aromatic N) is 1. The Morgan fingerprint density at radius 3 is 2.69 bits per heavy atom. The Morgan fingerprint density at radius 1 is 1.44 bits per heavy atom. The molecular weight excluding hydrogens is 204 g/mol. The first kappa shape index (κ1) is 10.5. The van der Waals surface area contributed by atoms with Crippen molar-refractivity contribution in [1.29, 1.82) is 5.26 Å². The van der Waals surface area contributed by atoms with Crippen molar-refractivity contribution in [3.8, 4) is 11.8 Å². The maximum atomic E-state index is 11.4. The van der Waals surface area contributed by atoms with Crippen molar-refractivity contribution in [3.05, 3.63) is 24.3 Å². The number of anilines is 1. The minimum atomic E-state index is 0.0355. The zero-order chi connectivity index (χ0) is 11.4. The summed E-state index contributed by atoms with van der Waals surface area (Å²) in [5.74, 6) is 0.922. The molecule has 0 bridgehead atoms. The molecule has 1 aromatic carbocycles. The number of nitrogens with one attached hydrogen (secondary N) is 1. The van der Waals surface area contributed by atoms with Crippen LogP contribution in [0.4, 0.5) is 5.69 Å². The molecule has 2 rings (SSSR count). The fourth-order valence-corrected chi connectivity index (χ4v) is 1.34. The van der Waals surface area contributed by atoms with Crippen LogP contribution >= 0.6 is 0 Å². The van der Waals surface area contributed by atoms with E-state index in [1.165, 1.54) is 0 Å². The van der Waals surface area contributed by atoms with Crippen molar-refractivity contribution < 1.29 is 9.53 Å². The minimum absolute atomic E-state index is 0.0355. The van der Waals surface area contributed by atoms with Crippen molar-refractivity contribution in [3.63, 3.8) is 0 Å². The van der Waals surface area contributed by atoms with Gasteiger partial charge in [0.2, 0.25) is 5.91 Å².